The second-order valence-corrected chi connectivity index (χ2v) is 8.64. The van der Waals surface area contributed by atoms with E-state index in [0.717, 1.165) is 20.8 Å². The third kappa shape index (κ3) is 4.45. The Hall–Kier alpha value is -3.40. The molecule has 3 aromatic carbocycles. The maximum absolute atomic E-state index is 12.6. The number of para-hydroxylation sites is 1. The first kappa shape index (κ1) is 21.8. The van der Waals surface area contributed by atoms with E-state index in [1.54, 1.807) is 23.5 Å². The van der Waals surface area contributed by atoms with Gasteiger partial charge in [-0.2, -0.15) is 0 Å². The molecule has 0 unspecified atom stereocenters. The number of amides is 1. The zero-order chi connectivity index (χ0) is 22.8. The molecule has 160 valence electrons. The average molecular weight is 483 g/mol. The third-order valence-electron chi connectivity index (χ3n) is 4.73. The van der Waals surface area contributed by atoms with Gasteiger partial charge in [-0.15, -0.1) is 11.3 Å². The normalized spacial score (nSPS) is 10.7. The number of nitro benzene ring substituents is 1. The van der Waals surface area contributed by atoms with Crippen molar-refractivity contribution >= 4 is 67.8 Å². The van der Waals surface area contributed by atoms with Crippen LogP contribution in [0.5, 0.6) is 0 Å². The number of nitro groups is 1. The van der Waals surface area contributed by atoms with Gasteiger partial charge in [0.15, 0.2) is 5.11 Å². The summed E-state index contributed by atoms with van der Waals surface area (Å²) in [5.74, 6) is -0.554. The number of aromatic nitrogens is 1. The first-order valence-electron chi connectivity index (χ1n) is 9.35. The van der Waals surface area contributed by atoms with Crippen molar-refractivity contribution in [1.82, 2.24) is 10.3 Å². The molecule has 0 radical (unpaired) electrons. The SMILES string of the molecule is Cc1c(C(=O)NC(=S)Nc2cc(-c3nc4ccccc4s3)ccc2Cl)cccc1[N+](=O)[O-]. The van der Waals surface area contributed by atoms with Crippen molar-refractivity contribution in [2.24, 2.45) is 0 Å². The Kier molecular flexibility index (Phi) is 6.13. The number of nitrogens with one attached hydrogen (secondary N) is 2. The van der Waals surface area contributed by atoms with Gasteiger partial charge in [-0.05, 0) is 49.5 Å². The summed E-state index contributed by atoms with van der Waals surface area (Å²) in [7, 11) is 0. The Labute approximate surface area is 197 Å². The van der Waals surface area contributed by atoms with Gasteiger partial charge in [0.05, 0.1) is 25.8 Å². The minimum absolute atomic E-state index is 0.0178. The zero-order valence-electron chi connectivity index (χ0n) is 16.6. The summed E-state index contributed by atoms with van der Waals surface area (Å²) in [6.45, 7) is 1.52. The molecular weight excluding hydrogens is 468 g/mol. The van der Waals surface area contributed by atoms with E-state index in [-0.39, 0.29) is 21.9 Å². The minimum Gasteiger partial charge on any atom is -0.331 e. The van der Waals surface area contributed by atoms with Crippen LogP contribution in [0.15, 0.2) is 60.7 Å². The average Bonchev–Trinajstić information content (AvgIpc) is 3.19. The molecule has 0 saturated heterocycles. The standard InChI is InChI=1S/C22H15ClN4O3S2/c1-12-14(5-4-7-18(12)27(29)30)20(28)26-22(31)25-17-11-13(9-10-15(17)23)21-24-16-6-2-3-8-19(16)32-21/h2-11H,1H3,(H2,25,26,28,31). The van der Waals surface area contributed by atoms with Crippen molar-refractivity contribution < 1.29 is 9.72 Å². The lowest BCUT2D eigenvalue weighted by Crippen LogP contribution is -2.34. The first-order chi connectivity index (χ1) is 15.3. The second kappa shape index (κ2) is 8.99. The number of hydrogen-bond donors (Lipinski definition) is 2. The molecule has 2 N–H and O–H groups in total. The van der Waals surface area contributed by atoms with Crippen molar-refractivity contribution in [2.75, 3.05) is 5.32 Å². The van der Waals surface area contributed by atoms with E-state index >= 15 is 0 Å². The van der Waals surface area contributed by atoms with Crippen LogP contribution in [0.4, 0.5) is 11.4 Å². The molecule has 4 aromatic rings. The van der Waals surface area contributed by atoms with Crippen LogP contribution in [0, 0.1) is 17.0 Å². The highest BCUT2D eigenvalue weighted by atomic mass is 35.5. The second-order valence-electron chi connectivity index (χ2n) is 6.80. The molecule has 32 heavy (non-hydrogen) atoms. The van der Waals surface area contributed by atoms with Gasteiger partial charge in [0, 0.05) is 22.8 Å². The highest BCUT2D eigenvalue weighted by Gasteiger charge is 2.19. The lowest BCUT2D eigenvalue weighted by atomic mass is 10.1. The Morgan fingerprint density at radius 2 is 1.94 bits per heavy atom. The van der Waals surface area contributed by atoms with Crippen LogP contribution in [0.1, 0.15) is 15.9 Å². The molecule has 0 aliphatic rings. The molecule has 0 saturated carbocycles. The van der Waals surface area contributed by atoms with Crippen molar-refractivity contribution in [3.8, 4) is 10.6 Å². The van der Waals surface area contributed by atoms with Gasteiger partial charge in [0.2, 0.25) is 0 Å². The number of thiocarbonyl (C=S) groups is 1. The number of carbonyl (C=O) groups is 1. The number of anilines is 1. The highest BCUT2D eigenvalue weighted by molar-refractivity contribution is 7.80. The molecule has 1 aromatic heterocycles. The molecule has 0 aliphatic carbocycles. The van der Waals surface area contributed by atoms with Gasteiger partial charge < -0.3 is 5.32 Å². The molecule has 0 atom stereocenters. The van der Waals surface area contributed by atoms with Crippen LogP contribution < -0.4 is 10.6 Å². The predicted octanol–water partition coefficient (Wildman–Crippen LogP) is 5.96. The van der Waals surface area contributed by atoms with E-state index < -0.39 is 10.8 Å². The van der Waals surface area contributed by atoms with E-state index in [4.69, 9.17) is 23.8 Å². The van der Waals surface area contributed by atoms with E-state index in [2.05, 4.69) is 15.6 Å². The molecule has 4 rings (SSSR count). The number of benzene rings is 3. The summed E-state index contributed by atoms with van der Waals surface area (Å²) in [5, 5.41) is 17.8. The fraction of sp³-hybridized carbons (Fsp3) is 0.0455. The van der Waals surface area contributed by atoms with Crippen LogP contribution >= 0.6 is 35.2 Å². The van der Waals surface area contributed by atoms with Crippen LogP contribution in [0.25, 0.3) is 20.8 Å². The lowest BCUT2D eigenvalue weighted by molar-refractivity contribution is -0.385. The summed E-state index contributed by atoms with van der Waals surface area (Å²) in [4.78, 5) is 27.8. The summed E-state index contributed by atoms with van der Waals surface area (Å²) in [6, 6.07) is 17.5. The number of halogens is 1. The third-order valence-corrected chi connectivity index (χ3v) is 6.35. The zero-order valence-corrected chi connectivity index (χ0v) is 19.0. The van der Waals surface area contributed by atoms with Crippen molar-refractivity contribution in [2.45, 2.75) is 6.92 Å². The number of hydrogen-bond acceptors (Lipinski definition) is 6. The number of carbonyl (C=O) groups excluding carboxylic acids is 1. The van der Waals surface area contributed by atoms with Crippen molar-refractivity contribution in [3.05, 3.63) is 86.9 Å². The summed E-state index contributed by atoms with van der Waals surface area (Å²) < 4.78 is 1.07. The van der Waals surface area contributed by atoms with E-state index in [9.17, 15) is 14.9 Å². The monoisotopic (exact) mass is 482 g/mol. The lowest BCUT2D eigenvalue weighted by Gasteiger charge is -2.13. The summed E-state index contributed by atoms with van der Waals surface area (Å²) in [6.07, 6.45) is 0. The molecule has 10 heteroatoms. The topological polar surface area (TPSA) is 97.2 Å². The molecule has 1 heterocycles. The molecule has 0 spiro atoms. The largest absolute Gasteiger partial charge is 0.331 e. The van der Waals surface area contributed by atoms with Gasteiger partial charge in [0.1, 0.15) is 5.01 Å². The van der Waals surface area contributed by atoms with Crippen molar-refractivity contribution in [1.29, 1.82) is 0 Å². The predicted molar refractivity (Wildman–Crippen MR) is 132 cm³/mol. The summed E-state index contributed by atoms with van der Waals surface area (Å²) in [5.41, 5.74) is 2.55. The minimum atomic E-state index is -0.554. The Balaban J connectivity index is 1.53. The summed E-state index contributed by atoms with van der Waals surface area (Å²) >= 11 is 13.1. The smallest absolute Gasteiger partial charge is 0.273 e. The van der Waals surface area contributed by atoms with E-state index in [0.29, 0.717) is 10.7 Å². The van der Waals surface area contributed by atoms with Crippen LogP contribution in [-0.4, -0.2) is 20.9 Å². The molecule has 1 amide bonds. The molecule has 7 nitrogen and oxygen atoms in total. The van der Waals surface area contributed by atoms with E-state index in [1.807, 2.05) is 30.3 Å². The van der Waals surface area contributed by atoms with E-state index in [1.165, 1.54) is 25.1 Å². The van der Waals surface area contributed by atoms with Crippen LogP contribution in [0.2, 0.25) is 5.02 Å². The first-order valence-corrected chi connectivity index (χ1v) is 11.0. The fourth-order valence-electron chi connectivity index (χ4n) is 3.14. The maximum Gasteiger partial charge on any atom is 0.273 e. The number of fused-ring (bicyclic) bond motifs is 1. The number of thiazole rings is 1. The van der Waals surface area contributed by atoms with Gasteiger partial charge in [-0.1, -0.05) is 35.9 Å². The van der Waals surface area contributed by atoms with Gasteiger partial charge in [-0.3, -0.25) is 20.2 Å². The van der Waals surface area contributed by atoms with Gasteiger partial charge in [0.25, 0.3) is 11.6 Å². The molecule has 0 bridgehead atoms. The molecule has 0 fully saturated rings. The van der Waals surface area contributed by atoms with Gasteiger partial charge >= 0.3 is 0 Å². The Bertz CT molecular complexity index is 1350. The van der Waals surface area contributed by atoms with Crippen LogP contribution in [0.3, 0.4) is 0 Å². The quantitative estimate of drug-likeness (QED) is 0.211. The molecular formula is C22H15ClN4O3S2. The number of rotatable bonds is 4. The van der Waals surface area contributed by atoms with Crippen LogP contribution in [-0.2, 0) is 0 Å². The fourth-order valence-corrected chi connectivity index (χ4v) is 4.47. The maximum atomic E-state index is 12.6. The highest BCUT2D eigenvalue weighted by Crippen LogP contribution is 2.33. The molecule has 0 aliphatic heterocycles. The number of nitrogens with zero attached hydrogens (tertiary/aromatic N) is 2. The van der Waals surface area contributed by atoms with Crippen molar-refractivity contribution in [3.63, 3.8) is 0 Å². The van der Waals surface area contributed by atoms with Gasteiger partial charge in [-0.25, -0.2) is 4.98 Å². The Morgan fingerprint density at radius 3 is 2.69 bits per heavy atom. The Morgan fingerprint density at radius 1 is 1.16 bits per heavy atom.